The van der Waals surface area contributed by atoms with Gasteiger partial charge in [0.2, 0.25) is 0 Å². The van der Waals surface area contributed by atoms with E-state index in [-0.39, 0.29) is 0 Å². The number of nitrogens with two attached hydrogens (primary N) is 1. The smallest absolute Gasteiger partial charge is 0.0391 e. The topological polar surface area (TPSA) is 29.3 Å². The third kappa shape index (κ3) is 1.57. The van der Waals surface area contributed by atoms with E-state index in [0.29, 0.717) is 12.1 Å². The number of hydrogen-bond acceptors (Lipinski definition) is 2. The van der Waals surface area contributed by atoms with E-state index < -0.39 is 0 Å². The molecule has 0 amide bonds. The summed E-state index contributed by atoms with van der Waals surface area (Å²) in [6, 6.07) is 9.48. The molecular formula is C12H18N2. The summed E-state index contributed by atoms with van der Waals surface area (Å²) in [7, 11) is 0. The summed E-state index contributed by atoms with van der Waals surface area (Å²) in [5.74, 6) is 0. The molecule has 0 saturated carbocycles. The second-order valence-electron chi connectivity index (χ2n) is 4.28. The summed E-state index contributed by atoms with van der Waals surface area (Å²) in [6.07, 6.45) is 2.58. The molecule has 2 nitrogen and oxygen atoms in total. The maximum absolute atomic E-state index is 5.79. The summed E-state index contributed by atoms with van der Waals surface area (Å²) in [6.45, 7) is 4.57. The highest BCUT2D eigenvalue weighted by atomic mass is 15.2. The molecule has 0 unspecified atom stereocenters. The van der Waals surface area contributed by atoms with Crippen molar-refractivity contribution in [1.82, 2.24) is 0 Å². The lowest BCUT2D eigenvalue weighted by Crippen LogP contribution is -2.32. The molecule has 2 atom stereocenters. The molecule has 1 fully saturated rings. The maximum atomic E-state index is 5.79. The fourth-order valence-corrected chi connectivity index (χ4v) is 2.39. The van der Waals surface area contributed by atoms with Gasteiger partial charge < -0.3 is 10.6 Å². The van der Waals surface area contributed by atoms with Crippen LogP contribution in [0.2, 0.25) is 0 Å². The van der Waals surface area contributed by atoms with E-state index >= 15 is 0 Å². The summed E-state index contributed by atoms with van der Waals surface area (Å²) in [5, 5.41) is 0. The van der Waals surface area contributed by atoms with Crippen LogP contribution in [0.3, 0.4) is 0 Å². The zero-order valence-corrected chi connectivity index (χ0v) is 8.90. The Bertz CT molecular complexity index is 312. The van der Waals surface area contributed by atoms with Crippen molar-refractivity contribution < 1.29 is 0 Å². The van der Waals surface area contributed by atoms with Gasteiger partial charge in [-0.15, -0.1) is 0 Å². The van der Waals surface area contributed by atoms with Gasteiger partial charge in [0.15, 0.2) is 0 Å². The second-order valence-corrected chi connectivity index (χ2v) is 4.28. The third-order valence-electron chi connectivity index (χ3n) is 3.12. The first-order valence-corrected chi connectivity index (χ1v) is 5.32. The zero-order valence-electron chi connectivity index (χ0n) is 8.90. The van der Waals surface area contributed by atoms with Gasteiger partial charge in [-0.1, -0.05) is 6.07 Å². The number of nitrogen functional groups attached to an aromatic ring is 1. The van der Waals surface area contributed by atoms with E-state index in [1.54, 1.807) is 0 Å². The quantitative estimate of drug-likeness (QED) is 0.690. The van der Waals surface area contributed by atoms with Crippen LogP contribution in [0.5, 0.6) is 0 Å². The maximum Gasteiger partial charge on any atom is 0.0391 e. The van der Waals surface area contributed by atoms with Gasteiger partial charge in [-0.2, -0.15) is 0 Å². The molecule has 2 rings (SSSR count). The van der Waals surface area contributed by atoms with E-state index in [1.165, 1.54) is 18.5 Å². The Balaban J connectivity index is 2.29. The third-order valence-corrected chi connectivity index (χ3v) is 3.12. The Morgan fingerprint density at radius 2 is 1.86 bits per heavy atom. The number of benzene rings is 1. The normalized spacial score (nSPS) is 26.9. The van der Waals surface area contributed by atoms with Gasteiger partial charge >= 0.3 is 0 Å². The molecular weight excluding hydrogens is 172 g/mol. The second kappa shape index (κ2) is 3.52. The van der Waals surface area contributed by atoms with Crippen molar-refractivity contribution in [3.05, 3.63) is 24.3 Å². The molecule has 76 valence electrons. The Kier molecular flexibility index (Phi) is 2.36. The average molecular weight is 190 g/mol. The van der Waals surface area contributed by atoms with Gasteiger partial charge in [-0.05, 0) is 44.9 Å². The number of nitrogens with zero attached hydrogens (tertiary/aromatic N) is 1. The van der Waals surface area contributed by atoms with Crippen molar-refractivity contribution >= 4 is 11.4 Å². The van der Waals surface area contributed by atoms with E-state index in [9.17, 15) is 0 Å². The minimum absolute atomic E-state index is 0.645. The van der Waals surface area contributed by atoms with Crippen molar-refractivity contribution in [2.75, 3.05) is 10.6 Å². The number of anilines is 2. The molecule has 2 N–H and O–H groups in total. The predicted octanol–water partition coefficient (Wildman–Crippen LogP) is 2.65. The van der Waals surface area contributed by atoms with Crippen LogP contribution in [0.4, 0.5) is 11.4 Å². The zero-order chi connectivity index (χ0) is 10.1. The standard InChI is InChI=1S/C12H18N2/c1-9-6-7-10(2)14(9)12-5-3-4-11(13)8-12/h3-5,8-10H,6-7,13H2,1-2H3/t9-,10-/m0/s1. The minimum atomic E-state index is 0.645. The first-order valence-electron chi connectivity index (χ1n) is 5.32. The van der Waals surface area contributed by atoms with E-state index in [4.69, 9.17) is 5.73 Å². The van der Waals surface area contributed by atoms with Crippen LogP contribution in [-0.4, -0.2) is 12.1 Å². The Labute approximate surface area is 85.7 Å². The Morgan fingerprint density at radius 1 is 1.21 bits per heavy atom. The van der Waals surface area contributed by atoms with Crippen LogP contribution < -0.4 is 10.6 Å². The number of rotatable bonds is 1. The molecule has 0 spiro atoms. The molecule has 1 aromatic rings. The molecule has 0 bridgehead atoms. The Morgan fingerprint density at radius 3 is 2.43 bits per heavy atom. The highest BCUT2D eigenvalue weighted by Gasteiger charge is 2.27. The van der Waals surface area contributed by atoms with Crippen LogP contribution in [0.1, 0.15) is 26.7 Å². The molecule has 0 aliphatic carbocycles. The van der Waals surface area contributed by atoms with Crippen molar-refractivity contribution in [2.45, 2.75) is 38.8 Å². The van der Waals surface area contributed by atoms with Gasteiger partial charge in [0.05, 0.1) is 0 Å². The van der Waals surface area contributed by atoms with Gasteiger partial charge in [0.25, 0.3) is 0 Å². The molecule has 1 aromatic carbocycles. The fourth-order valence-electron chi connectivity index (χ4n) is 2.39. The largest absolute Gasteiger partial charge is 0.399 e. The molecule has 0 radical (unpaired) electrons. The monoisotopic (exact) mass is 190 g/mol. The lowest BCUT2D eigenvalue weighted by molar-refractivity contribution is 0.694. The minimum Gasteiger partial charge on any atom is -0.399 e. The fraction of sp³-hybridized carbons (Fsp3) is 0.500. The van der Waals surface area contributed by atoms with Crippen LogP contribution >= 0.6 is 0 Å². The lowest BCUT2D eigenvalue weighted by atomic mass is 10.2. The van der Waals surface area contributed by atoms with Crippen molar-refractivity contribution in [1.29, 1.82) is 0 Å². The molecule has 2 heteroatoms. The van der Waals surface area contributed by atoms with Gasteiger partial charge in [0, 0.05) is 23.5 Å². The van der Waals surface area contributed by atoms with Crippen molar-refractivity contribution in [2.24, 2.45) is 0 Å². The molecule has 14 heavy (non-hydrogen) atoms. The first-order chi connectivity index (χ1) is 6.68. The molecule has 1 aliphatic rings. The summed E-state index contributed by atoms with van der Waals surface area (Å²) in [5.41, 5.74) is 7.91. The van der Waals surface area contributed by atoms with Crippen molar-refractivity contribution in [3.8, 4) is 0 Å². The first kappa shape index (κ1) is 9.38. The molecule has 1 saturated heterocycles. The number of hydrogen-bond donors (Lipinski definition) is 1. The van der Waals surface area contributed by atoms with E-state index in [1.807, 2.05) is 12.1 Å². The van der Waals surface area contributed by atoms with Gasteiger partial charge in [-0.3, -0.25) is 0 Å². The summed E-state index contributed by atoms with van der Waals surface area (Å²) in [4.78, 5) is 2.47. The average Bonchev–Trinajstić information content (AvgIpc) is 2.46. The summed E-state index contributed by atoms with van der Waals surface area (Å²) >= 11 is 0. The summed E-state index contributed by atoms with van der Waals surface area (Å²) < 4.78 is 0. The van der Waals surface area contributed by atoms with Gasteiger partial charge in [-0.25, -0.2) is 0 Å². The Hall–Kier alpha value is -1.18. The molecule has 1 aliphatic heterocycles. The molecule has 0 aromatic heterocycles. The molecule has 1 heterocycles. The highest BCUT2D eigenvalue weighted by Crippen LogP contribution is 2.30. The highest BCUT2D eigenvalue weighted by molar-refractivity contribution is 5.57. The van der Waals surface area contributed by atoms with Crippen LogP contribution in [0.25, 0.3) is 0 Å². The van der Waals surface area contributed by atoms with Gasteiger partial charge in [0.1, 0.15) is 0 Å². The SMILES string of the molecule is C[C@H]1CC[C@H](C)N1c1cccc(N)c1. The van der Waals surface area contributed by atoms with Crippen LogP contribution in [0, 0.1) is 0 Å². The lowest BCUT2D eigenvalue weighted by Gasteiger charge is -2.28. The van der Waals surface area contributed by atoms with E-state index in [0.717, 1.165) is 5.69 Å². The van der Waals surface area contributed by atoms with Crippen LogP contribution in [-0.2, 0) is 0 Å². The predicted molar refractivity (Wildman–Crippen MR) is 61.5 cm³/mol. The van der Waals surface area contributed by atoms with E-state index in [2.05, 4.69) is 30.9 Å². The van der Waals surface area contributed by atoms with Crippen LogP contribution in [0.15, 0.2) is 24.3 Å². The van der Waals surface area contributed by atoms with Crippen molar-refractivity contribution in [3.63, 3.8) is 0 Å².